The van der Waals surface area contributed by atoms with Crippen molar-refractivity contribution >= 4 is 18.0 Å². The number of esters is 1. The molecule has 0 aromatic rings. The van der Waals surface area contributed by atoms with Crippen LogP contribution in [0.25, 0.3) is 0 Å². The van der Waals surface area contributed by atoms with E-state index in [0.29, 0.717) is 31.6 Å². The van der Waals surface area contributed by atoms with Crippen molar-refractivity contribution in [1.29, 1.82) is 0 Å². The van der Waals surface area contributed by atoms with Gasteiger partial charge in [-0.3, -0.25) is 4.79 Å². The molecule has 0 saturated carbocycles. The van der Waals surface area contributed by atoms with E-state index in [4.69, 9.17) is 9.47 Å². The molecule has 2 fully saturated rings. The normalized spacial score (nSPS) is 27.3. The van der Waals surface area contributed by atoms with Gasteiger partial charge in [0.15, 0.2) is 0 Å². The number of ether oxygens (including phenoxy) is 2. The third-order valence-corrected chi connectivity index (χ3v) is 6.27. The standard InChI is InChI=1S/C22H30N2O6/c1-5-11-29-21(27)19-16(13(3)18-17(14(4)25)20(26)24(18)19)15-7-9-23(10-8-15)22(28)30-12-6-2/h5-6,13-15,17-18,25H,1-2,7-12H2,3-4H3/t13?,14-,17-,18-/m1/s1. The second-order valence-corrected chi connectivity index (χ2v) is 8.07. The number of rotatable bonds is 7. The first-order valence-electron chi connectivity index (χ1n) is 10.4. The van der Waals surface area contributed by atoms with Crippen molar-refractivity contribution in [2.24, 2.45) is 17.8 Å². The Balaban J connectivity index is 1.81. The lowest BCUT2D eigenvalue weighted by Crippen LogP contribution is -2.63. The van der Waals surface area contributed by atoms with Crippen LogP contribution in [0.15, 0.2) is 36.6 Å². The Morgan fingerprint density at radius 2 is 1.80 bits per heavy atom. The zero-order chi connectivity index (χ0) is 22.0. The van der Waals surface area contributed by atoms with Crippen LogP contribution in [0.5, 0.6) is 0 Å². The molecule has 3 rings (SSSR count). The molecule has 0 aromatic carbocycles. The van der Waals surface area contributed by atoms with Crippen molar-refractivity contribution in [2.75, 3.05) is 26.3 Å². The SMILES string of the molecule is C=CCOC(=O)C1=C(C2CCN(C(=O)OCC=C)CC2)C(C)[C@@H]2[C@@H]([C@@H](C)O)C(=O)N12. The fourth-order valence-corrected chi connectivity index (χ4v) is 4.94. The van der Waals surface area contributed by atoms with Gasteiger partial charge in [-0.05, 0) is 31.3 Å². The van der Waals surface area contributed by atoms with Crippen LogP contribution >= 0.6 is 0 Å². The lowest BCUT2D eigenvalue weighted by atomic mass is 9.74. The van der Waals surface area contributed by atoms with Crippen LogP contribution in [0.4, 0.5) is 4.79 Å². The molecular formula is C22H30N2O6. The molecule has 1 unspecified atom stereocenters. The minimum absolute atomic E-state index is 0.0442. The van der Waals surface area contributed by atoms with Gasteiger partial charge in [-0.1, -0.05) is 32.2 Å². The molecular weight excluding hydrogens is 388 g/mol. The molecule has 2 amide bonds. The van der Waals surface area contributed by atoms with E-state index in [1.807, 2.05) is 6.92 Å². The molecule has 3 heterocycles. The molecule has 2 saturated heterocycles. The maximum atomic E-state index is 12.8. The number of fused-ring (bicyclic) bond motifs is 1. The summed E-state index contributed by atoms with van der Waals surface area (Å²) < 4.78 is 10.4. The van der Waals surface area contributed by atoms with E-state index in [9.17, 15) is 19.5 Å². The lowest BCUT2D eigenvalue weighted by Gasteiger charge is -2.46. The smallest absolute Gasteiger partial charge is 0.410 e. The number of nitrogens with zero attached hydrogens (tertiary/aromatic N) is 2. The summed E-state index contributed by atoms with van der Waals surface area (Å²) in [6, 6.07) is -0.241. The number of piperidine rings is 1. The highest BCUT2D eigenvalue weighted by Crippen LogP contribution is 2.50. The van der Waals surface area contributed by atoms with Gasteiger partial charge in [-0.2, -0.15) is 0 Å². The van der Waals surface area contributed by atoms with E-state index < -0.39 is 18.0 Å². The number of hydrogen-bond donors (Lipinski definition) is 1. The molecule has 1 N–H and O–H groups in total. The van der Waals surface area contributed by atoms with Gasteiger partial charge in [-0.25, -0.2) is 9.59 Å². The molecule has 8 nitrogen and oxygen atoms in total. The van der Waals surface area contributed by atoms with E-state index in [-0.39, 0.29) is 43.1 Å². The number of β-lactam (4-membered cyclic amide) rings is 1. The van der Waals surface area contributed by atoms with Crippen molar-refractivity contribution in [3.63, 3.8) is 0 Å². The fraction of sp³-hybridized carbons (Fsp3) is 0.591. The van der Waals surface area contributed by atoms with Crippen molar-refractivity contribution in [3.8, 4) is 0 Å². The number of carbonyl (C=O) groups excluding carboxylic acids is 3. The molecule has 8 heteroatoms. The summed E-state index contributed by atoms with van der Waals surface area (Å²) >= 11 is 0. The summed E-state index contributed by atoms with van der Waals surface area (Å²) in [5, 5.41) is 10.1. The Kier molecular flexibility index (Phi) is 6.65. The highest BCUT2D eigenvalue weighted by molar-refractivity contribution is 6.00. The van der Waals surface area contributed by atoms with Gasteiger partial charge in [-0.15, -0.1) is 0 Å². The largest absolute Gasteiger partial charge is 0.457 e. The topological polar surface area (TPSA) is 96.4 Å². The van der Waals surface area contributed by atoms with Gasteiger partial charge in [0.05, 0.1) is 18.1 Å². The van der Waals surface area contributed by atoms with Gasteiger partial charge in [0.2, 0.25) is 5.91 Å². The third-order valence-electron chi connectivity index (χ3n) is 6.27. The highest BCUT2D eigenvalue weighted by Gasteiger charge is 2.60. The Labute approximate surface area is 176 Å². The summed E-state index contributed by atoms with van der Waals surface area (Å²) in [6.07, 6.45) is 3.17. The quantitative estimate of drug-likeness (QED) is 0.385. The first-order chi connectivity index (χ1) is 14.3. The van der Waals surface area contributed by atoms with Gasteiger partial charge >= 0.3 is 12.1 Å². The van der Waals surface area contributed by atoms with Gasteiger partial charge in [0, 0.05) is 19.0 Å². The molecule has 0 aliphatic carbocycles. The maximum absolute atomic E-state index is 12.8. The second kappa shape index (κ2) is 9.04. The molecule has 4 atom stereocenters. The van der Waals surface area contributed by atoms with Crippen LogP contribution in [0, 0.1) is 17.8 Å². The predicted octanol–water partition coefficient (Wildman–Crippen LogP) is 1.86. The van der Waals surface area contributed by atoms with E-state index in [1.165, 1.54) is 17.1 Å². The molecule has 0 radical (unpaired) electrons. The molecule has 164 valence electrons. The average Bonchev–Trinajstić information content (AvgIpc) is 2.98. The first-order valence-corrected chi connectivity index (χ1v) is 10.4. The molecule has 0 aromatic heterocycles. The monoisotopic (exact) mass is 418 g/mol. The number of amides is 2. The maximum Gasteiger partial charge on any atom is 0.410 e. The summed E-state index contributed by atoms with van der Waals surface area (Å²) in [5.74, 6) is -1.33. The Morgan fingerprint density at radius 1 is 1.20 bits per heavy atom. The van der Waals surface area contributed by atoms with E-state index in [0.717, 1.165) is 5.57 Å². The van der Waals surface area contributed by atoms with E-state index >= 15 is 0 Å². The molecule has 3 aliphatic rings. The van der Waals surface area contributed by atoms with Gasteiger partial charge < -0.3 is 24.4 Å². The number of hydrogen-bond acceptors (Lipinski definition) is 6. The molecule has 30 heavy (non-hydrogen) atoms. The van der Waals surface area contributed by atoms with Crippen molar-refractivity contribution in [3.05, 3.63) is 36.6 Å². The minimum Gasteiger partial charge on any atom is -0.457 e. The van der Waals surface area contributed by atoms with Gasteiger partial charge in [0.1, 0.15) is 18.9 Å². The number of aliphatic hydroxyl groups excluding tert-OH is 1. The summed E-state index contributed by atoms with van der Waals surface area (Å²) in [4.78, 5) is 40.8. The van der Waals surface area contributed by atoms with Crippen LogP contribution < -0.4 is 0 Å². The number of likely N-dealkylation sites (tertiary alicyclic amines) is 1. The third kappa shape index (κ3) is 3.76. The zero-order valence-corrected chi connectivity index (χ0v) is 17.6. The summed E-state index contributed by atoms with van der Waals surface area (Å²) in [7, 11) is 0. The Hall–Kier alpha value is -2.61. The molecule has 0 bridgehead atoms. The fourth-order valence-electron chi connectivity index (χ4n) is 4.94. The van der Waals surface area contributed by atoms with Crippen LogP contribution in [0.3, 0.4) is 0 Å². The molecule has 3 aliphatic heterocycles. The summed E-state index contributed by atoms with van der Waals surface area (Å²) in [5.41, 5.74) is 1.20. The Morgan fingerprint density at radius 3 is 2.37 bits per heavy atom. The van der Waals surface area contributed by atoms with Crippen LogP contribution in [-0.4, -0.2) is 71.3 Å². The minimum atomic E-state index is -0.785. The molecule has 0 spiro atoms. The van der Waals surface area contributed by atoms with E-state index in [1.54, 1.807) is 11.8 Å². The number of aliphatic hydroxyl groups is 1. The first kappa shape index (κ1) is 22.1. The van der Waals surface area contributed by atoms with Crippen molar-refractivity contribution in [2.45, 2.75) is 38.8 Å². The zero-order valence-electron chi connectivity index (χ0n) is 17.6. The van der Waals surface area contributed by atoms with Crippen molar-refractivity contribution in [1.82, 2.24) is 9.80 Å². The van der Waals surface area contributed by atoms with Crippen LogP contribution in [-0.2, 0) is 19.1 Å². The van der Waals surface area contributed by atoms with E-state index in [2.05, 4.69) is 13.2 Å². The lowest BCUT2D eigenvalue weighted by molar-refractivity contribution is -0.164. The van der Waals surface area contributed by atoms with Crippen LogP contribution in [0.1, 0.15) is 26.7 Å². The average molecular weight is 418 g/mol. The highest BCUT2D eigenvalue weighted by atomic mass is 16.6. The van der Waals surface area contributed by atoms with Crippen LogP contribution in [0.2, 0.25) is 0 Å². The second-order valence-electron chi connectivity index (χ2n) is 8.07. The Bertz CT molecular complexity index is 766. The van der Waals surface area contributed by atoms with Gasteiger partial charge in [0.25, 0.3) is 0 Å². The number of carbonyl (C=O) groups is 3. The summed E-state index contributed by atoms with van der Waals surface area (Å²) in [6.45, 7) is 11.9. The predicted molar refractivity (Wildman–Crippen MR) is 109 cm³/mol. The van der Waals surface area contributed by atoms with Crippen molar-refractivity contribution < 1.29 is 29.0 Å².